The highest BCUT2D eigenvalue weighted by molar-refractivity contribution is 6.14. The van der Waals surface area contributed by atoms with Gasteiger partial charge in [0.05, 0.1) is 16.6 Å². The van der Waals surface area contributed by atoms with Crippen molar-refractivity contribution in [3.63, 3.8) is 0 Å². The van der Waals surface area contributed by atoms with Gasteiger partial charge in [-0.1, -0.05) is 80.6 Å². The molecule has 0 saturated carbocycles. The molecule has 6 rings (SSSR count). The number of para-hydroxylation sites is 3. The third-order valence-corrected chi connectivity index (χ3v) is 6.17. The van der Waals surface area contributed by atoms with Gasteiger partial charge in [0.2, 0.25) is 0 Å². The molecule has 0 bridgehead atoms. The van der Waals surface area contributed by atoms with Gasteiger partial charge in [0.1, 0.15) is 5.65 Å². The van der Waals surface area contributed by atoms with E-state index in [4.69, 9.17) is 4.98 Å². The van der Waals surface area contributed by atoms with Crippen molar-refractivity contribution in [3.05, 3.63) is 96.6 Å². The third-order valence-electron chi connectivity index (χ3n) is 6.17. The Morgan fingerprint density at radius 3 is 2.13 bits per heavy atom. The molecule has 30 heavy (non-hydrogen) atoms. The van der Waals surface area contributed by atoms with Gasteiger partial charge in [0.15, 0.2) is 0 Å². The van der Waals surface area contributed by atoms with Crippen molar-refractivity contribution < 1.29 is 0 Å². The maximum Gasteiger partial charge on any atom is 0.146 e. The predicted octanol–water partition coefficient (Wildman–Crippen LogP) is 7.58. The number of imidazole rings is 1. The molecule has 4 aromatic carbocycles. The van der Waals surface area contributed by atoms with Gasteiger partial charge >= 0.3 is 0 Å². The monoisotopic (exact) mass is 386 g/mol. The fourth-order valence-electron chi connectivity index (χ4n) is 4.55. The number of hydrogen-bond acceptors (Lipinski definition) is 1. The Kier molecular flexibility index (Phi) is 3.69. The summed E-state index contributed by atoms with van der Waals surface area (Å²) >= 11 is 0. The zero-order valence-electron chi connectivity index (χ0n) is 17.1. The molecular weight excluding hydrogens is 364 g/mol. The summed E-state index contributed by atoms with van der Waals surface area (Å²) in [6.07, 6.45) is 0. The van der Waals surface area contributed by atoms with E-state index in [0.29, 0.717) is 5.92 Å². The van der Waals surface area contributed by atoms with Crippen LogP contribution >= 0.6 is 0 Å². The molecule has 0 aliphatic rings. The van der Waals surface area contributed by atoms with E-state index in [0.717, 1.165) is 16.7 Å². The van der Waals surface area contributed by atoms with E-state index in [-0.39, 0.29) is 0 Å². The summed E-state index contributed by atoms with van der Waals surface area (Å²) in [5.74, 6) is 0.541. The molecule has 0 radical (unpaired) electrons. The number of aromatic nitrogens is 2. The number of benzene rings is 4. The topological polar surface area (TPSA) is 17.3 Å². The van der Waals surface area contributed by atoms with Crippen LogP contribution in [0.4, 0.5) is 0 Å². The molecule has 6 aromatic rings. The molecule has 0 unspecified atom stereocenters. The van der Waals surface area contributed by atoms with Crippen molar-refractivity contribution in [2.24, 2.45) is 0 Å². The third kappa shape index (κ3) is 2.47. The van der Waals surface area contributed by atoms with Crippen LogP contribution in [0, 0.1) is 0 Å². The van der Waals surface area contributed by atoms with Crippen LogP contribution in [0.5, 0.6) is 0 Å². The van der Waals surface area contributed by atoms with Crippen molar-refractivity contribution in [2.45, 2.75) is 19.8 Å². The fraction of sp³-hybridized carbons (Fsp3) is 0.107. The highest BCUT2D eigenvalue weighted by atomic mass is 15.0. The van der Waals surface area contributed by atoms with Crippen LogP contribution in [-0.4, -0.2) is 9.38 Å². The van der Waals surface area contributed by atoms with E-state index < -0.39 is 0 Å². The van der Waals surface area contributed by atoms with Crippen LogP contribution in [-0.2, 0) is 0 Å². The van der Waals surface area contributed by atoms with Crippen molar-refractivity contribution >= 4 is 38.4 Å². The number of pyridine rings is 1. The second-order valence-electron chi connectivity index (χ2n) is 8.31. The van der Waals surface area contributed by atoms with Gasteiger partial charge in [-0.05, 0) is 52.3 Å². The molecule has 0 amide bonds. The minimum absolute atomic E-state index is 0.541. The van der Waals surface area contributed by atoms with Gasteiger partial charge in [0, 0.05) is 10.8 Å². The van der Waals surface area contributed by atoms with E-state index in [1.165, 1.54) is 38.4 Å². The minimum Gasteiger partial charge on any atom is -0.292 e. The van der Waals surface area contributed by atoms with Gasteiger partial charge in [-0.2, -0.15) is 0 Å². The SMILES string of the molecule is CC(C)c1ccc(-c2ccc3c4ccccc4n4c5ccccc5nc4c3c2)cc1. The lowest BCUT2D eigenvalue weighted by atomic mass is 9.96. The average Bonchev–Trinajstić information content (AvgIpc) is 3.19. The first-order chi connectivity index (χ1) is 14.7. The molecule has 0 spiro atoms. The van der Waals surface area contributed by atoms with Crippen molar-refractivity contribution in [1.29, 1.82) is 0 Å². The van der Waals surface area contributed by atoms with Crippen LogP contribution < -0.4 is 0 Å². The van der Waals surface area contributed by atoms with Crippen LogP contribution in [0.25, 0.3) is 49.5 Å². The summed E-state index contributed by atoms with van der Waals surface area (Å²) in [5.41, 5.74) is 8.23. The van der Waals surface area contributed by atoms with Gasteiger partial charge in [-0.25, -0.2) is 4.98 Å². The van der Waals surface area contributed by atoms with Crippen LogP contribution in [0.2, 0.25) is 0 Å². The van der Waals surface area contributed by atoms with Crippen LogP contribution in [0.15, 0.2) is 91.0 Å². The summed E-state index contributed by atoms with van der Waals surface area (Å²) in [6.45, 7) is 4.46. The van der Waals surface area contributed by atoms with Gasteiger partial charge in [0.25, 0.3) is 0 Å². The van der Waals surface area contributed by atoms with Crippen molar-refractivity contribution in [1.82, 2.24) is 9.38 Å². The standard InChI is InChI=1S/C28H22N2/c1-18(2)19-11-13-20(14-12-19)21-15-16-22-23-7-3-5-9-26(23)30-27-10-6-4-8-25(27)29-28(30)24(22)17-21/h3-18H,1-2H3. The van der Waals surface area contributed by atoms with Crippen LogP contribution in [0.1, 0.15) is 25.3 Å². The Labute approximate surface area is 175 Å². The first kappa shape index (κ1) is 17.2. The second kappa shape index (κ2) is 6.43. The van der Waals surface area contributed by atoms with Crippen molar-refractivity contribution in [2.75, 3.05) is 0 Å². The molecule has 0 atom stereocenters. The molecule has 2 nitrogen and oxygen atoms in total. The lowest BCUT2D eigenvalue weighted by Crippen LogP contribution is -1.92. The highest BCUT2D eigenvalue weighted by Gasteiger charge is 2.14. The maximum atomic E-state index is 5.03. The Morgan fingerprint density at radius 1 is 0.633 bits per heavy atom. The summed E-state index contributed by atoms with van der Waals surface area (Å²) in [6, 6.07) is 32.7. The molecule has 0 aliphatic carbocycles. The normalized spacial score (nSPS) is 12.0. The predicted molar refractivity (Wildman–Crippen MR) is 127 cm³/mol. The number of fused-ring (bicyclic) bond motifs is 8. The van der Waals surface area contributed by atoms with Crippen molar-refractivity contribution in [3.8, 4) is 11.1 Å². The quantitative estimate of drug-likeness (QED) is 0.280. The lowest BCUT2D eigenvalue weighted by molar-refractivity contribution is 0.867. The molecule has 2 aromatic heterocycles. The maximum absolute atomic E-state index is 5.03. The first-order valence-electron chi connectivity index (χ1n) is 10.5. The molecular formula is C28H22N2. The van der Waals surface area contributed by atoms with E-state index in [9.17, 15) is 0 Å². The van der Waals surface area contributed by atoms with E-state index in [1.807, 2.05) is 0 Å². The zero-order valence-corrected chi connectivity index (χ0v) is 17.1. The second-order valence-corrected chi connectivity index (χ2v) is 8.31. The fourth-order valence-corrected chi connectivity index (χ4v) is 4.55. The smallest absolute Gasteiger partial charge is 0.146 e. The van der Waals surface area contributed by atoms with Gasteiger partial charge in [-0.3, -0.25) is 4.40 Å². The zero-order chi connectivity index (χ0) is 20.2. The molecule has 2 heterocycles. The lowest BCUT2D eigenvalue weighted by Gasteiger charge is -2.11. The van der Waals surface area contributed by atoms with Gasteiger partial charge < -0.3 is 0 Å². The summed E-state index contributed by atoms with van der Waals surface area (Å²) < 4.78 is 2.30. The van der Waals surface area contributed by atoms with E-state index in [1.54, 1.807) is 0 Å². The van der Waals surface area contributed by atoms with E-state index in [2.05, 4.69) is 109 Å². The Morgan fingerprint density at radius 2 is 1.33 bits per heavy atom. The number of hydrogen-bond donors (Lipinski definition) is 0. The summed E-state index contributed by atoms with van der Waals surface area (Å²) in [5, 5.41) is 3.69. The molecule has 0 aliphatic heterocycles. The molecule has 0 fully saturated rings. The largest absolute Gasteiger partial charge is 0.292 e. The van der Waals surface area contributed by atoms with Gasteiger partial charge in [-0.15, -0.1) is 0 Å². The van der Waals surface area contributed by atoms with E-state index >= 15 is 0 Å². The first-order valence-corrected chi connectivity index (χ1v) is 10.5. The Balaban J connectivity index is 1.71. The summed E-state index contributed by atoms with van der Waals surface area (Å²) in [4.78, 5) is 5.03. The molecule has 2 heteroatoms. The number of rotatable bonds is 2. The Bertz CT molecular complexity index is 1550. The summed E-state index contributed by atoms with van der Waals surface area (Å²) in [7, 11) is 0. The number of nitrogens with zero attached hydrogens (tertiary/aromatic N) is 2. The Hall–Kier alpha value is -3.65. The average molecular weight is 386 g/mol. The minimum atomic E-state index is 0.541. The molecule has 144 valence electrons. The molecule has 0 N–H and O–H groups in total. The van der Waals surface area contributed by atoms with Crippen LogP contribution in [0.3, 0.4) is 0 Å². The highest BCUT2D eigenvalue weighted by Crippen LogP contribution is 2.35. The molecule has 0 saturated heterocycles.